The summed E-state index contributed by atoms with van der Waals surface area (Å²) in [5.41, 5.74) is 5.70. The summed E-state index contributed by atoms with van der Waals surface area (Å²) in [7, 11) is 0. The van der Waals surface area contributed by atoms with Gasteiger partial charge in [0.1, 0.15) is 6.17 Å². The van der Waals surface area contributed by atoms with Crippen LogP contribution in [0.25, 0.3) is 0 Å². The summed E-state index contributed by atoms with van der Waals surface area (Å²) >= 11 is 3.26. The van der Waals surface area contributed by atoms with Gasteiger partial charge in [-0.15, -0.1) is 0 Å². The average Bonchev–Trinajstić information content (AvgIpc) is 2.40. The van der Waals surface area contributed by atoms with Crippen LogP contribution in [-0.4, -0.2) is 17.0 Å². The van der Waals surface area contributed by atoms with Crippen LogP contribution in [0.15, 0.2) is 29.3 Å². The second-order valence-corrected chi connectivity index (χ2v) is 5.89. The Bertz CT molecular complexity index is 345. The van der Waals surface area contributed by atoms with Gasteiger partial charge in [-0.2, -0.15) is 0 Å². The Morgan fingerprint density at radius 1 is 1.28 bits per heavy atom. The van der Waals surface area contributed by atoms with E-state index in [1.165, 1.54) is 25.7 Å². The Morgan fingerprint density at radius 2 is 2.17 bits per heavy atom. The van der Waals surface area contributed by atoms with Crippen molar-refractivity contribution in [1.82, 2.24) is 5.32 Å². The van der Waals surface area contributed by atoms with Crippen molar-refractivity contribution in [2.75, 3.05) is 0 Å². The minimum absolute atomic E-state index is 0.127. The van der Waals surface area contributed by atoms with Crippen LogP contribution in [0.2, 0.25) is 0 Å². The number of rotatable bonds is 4. The highest BCUT2D eigenvalue weighted by Gasteiger charge is 2.23. The number of allylic oxidation sites excluding steroid dienone is 3. The molecule has 0 saturated heterocycles. The van der Waals surface area contributed by atoms with Gasteiger partial charge in [0.25, 0.3) is 0 Å². The van der Waals surface area contributed by atoms with Gasteiger partial charge in [-0.1, -0.05) is 24.3 Å². The van der Waals surface area contributed by atoms with Gasteiger partial charge in [0.05, 0.1) is 0 Å². The van der Waals surface area contributed by atoms with Crippen molar-refractivity contribution in [2.24, 2.45) is 16.6 Å². The third-order valence-electron chi connectivity index (χ3n) is 3.66. The first-order valence-electron chi connectivity index (χ1n) is 6.82. The lowest BCUT2D eigenvalue weighted by molar-refractivity contribution is 0.314. The number of nitrogens with zero attached hydrogens (tertiary/aromatic N) is 1. The molecule has 0 amide bonds. The molecule has 0 saturated carbocycles. The first-order valence-corrected chi connectivity index (χ1v) is 7.61. The van der Waals surface area contributed by atoms with Gasteiger partial charge >= 0.3 is 0 Å². The summed E-state index contributed by atoms with van der Waals surface area (Å²) in [6, 6.07) is 0.449. The number of halogens is 1. The second kappa shape index (κ2) is 7.10. The molecule has 4 heteroatoms. The van der Waals surface area contributed by atoms with Gasteiger partial charge in [-0.25, -0.2) is 4.99 Å². The monoisotopic (exact) mass is 311 g/mol. The van der Waals surface area contributed by atoms with Crippen LogP contribution in [-0.2, 0) is 0 Å². The van der Waals surface area contributed by atoms with E-state index in [1.54, 1.807) is 0 Å². The quantitative estimate of drug-likeness (QED) is 0.363. The van der Waals surface area contributed by atoms with Crippen molar-refractivity contribution in [3.8, 4) is 0 Å². The Hall–Kier alpha value is -0.610. The maximum absolute atomic E-state index is 5.70. The van der Waals surface area contributed by atoms with Crippen molar-refractivity contribution in [3.63, 3.8) is 0 Å². The van der Waals surface area contributed by atoms with Crippen LogP contribution < -0.4 is 11.1 Å². The zero-order chi connectivity index (χ0) is 12.8. The lowest BCUT2D eigenvalue weighted by atomic mass is 9.90. The first kappa shape index (κ1) is 13.8. The molecule has 3 nitrogen and oxygen atoms in total. The number of amidine groups is 1. The first-order chi connectivity index (χ1) is 8.75. The Balaban J connectivity index is 1.99. The normalized spacial score (nSPS) is 30.4. The molecule has 3 atom stereocenters. The summed E-state index contributed by atoms with van der Waals surface area (Å²) < 4.78 is 0.495. The molecule has 0 radical (unpaired) electrons. The Labute approximate surface area is 118 Å². The van der Waals surface area contributed by atoms with Crippen LogP contribution in [0, 0.1) is 5.92 Å². The van der Waals surface area contributed by atoms with E-state index >= 15 is 0 Å². The van der Waals surface area contributed by atoms with Crippen molar-refractivity contribution in [1.29, 1.82) is 0 Å². The van der Waals surface area contributed by atoms with E-state index < -0.39 is 0 Å². The number of aliphatic imine (C=N–C) groups is 1. The van der Waals surface area contributed by atoms with Crippen LogP contribution >= 0.6 is 15.9 Å². The molecule has 0 aromatic rings. The zero-order valence-corrected chi connectivity index (χ0v) is 12.3. The smallest absolute Gasteiger partial charge is 0.164 e. The molecule has 0 bridgehead atoms. The highest BCUT2D eigenvalue weighted by Crippen LogP contribution is 2.24. The van der Waals surface area contributed by atoms with Crippen molar-refractivity contribution in [2.45, 2.75) is 50.7 Å². The Morgan fingerprint density at radius 3 is 2.78 bits per heavy atom. The third-order valence-corrected chi connectivity index (χ3v) is 3.86. The maximum atomic E-state index is 5.70. The van der Waals surface area contributed by atoms with Gasteiger partial charge in [-0.3, -0.25) is 5.32 Å². The fourth-order valence-electron chi connectivity index (χ4n) is 2.69. The number of nitrogens with one attached hydrogen (secondary N) is 1. The van der Waals surface area contributed by atoms with Crippen LogP contribution in [0.1, 0.15) is 38.5 Å². The molecule has 2 aliphatic rings. The fourth-order valence-corrected chi connectivity index (χ4v) is 2.91. The summed E-state index contributed by atoms with van der Waals surface area (Å²) in [4.78, 5) is 4.53. The van der Waals surface area contributed by atoms with E-state index in [-0.39, 0.29) is 6.17 Å². The van der Waals surface area contributed by atoms with Crippen LogP contribution in [0.3, 0.4) is 0 Å². The SMILES string of the molecule is NC(Br)=NC(NC1C=CCCC1)C1CC=CCC1. The molecule has 0 aliphatic heterocycles. The standard InChI is InChI=1S/C14H22BrN3/c15-14(16)18-13(11-7-3-1-4-8-11)17-12-9-5-2-6-10-12/h1,3,5,9,11-13,17H,2,4,6-8,10H2,(H2,16,18). The van der Waals surface area contributed by atoms with E-state index in [0.29, 0.717) is 16.7 Å². The summed E-state index contributed by atoms with van der Waals surface area (Å²) in [5, 5.41) is 3.64. The largest absolute Gasteiger partial charge is 0.378 e. The maximum Gasteiger partial charge on any atom is 0.164 e. The highest BCUT2D eigenvalue weighted by atomic mass is 79.9. The predicted molar refractivity (Wildman–Crippen MR) is 80.7 cm³/mol. The number of hydrogen-bond acceptors (Lipinski definition) is 2. The van der Waals surface area contributed by atoms with Crippen molar-refractivity contribution < 1.29 is 0 Å². The molecule has 2 rings (SSSR count). The van der Waals surface area contributed by atoms with E-state index in [0.717, 1.165) is 12.8 Å². The minimum Gasteiger partial charge on any atom is -0.378 e. The second-order valence-electron chi connectivity index (χ2n) is 5.07. The van der Waals surface area contributed by atoms with E-state index in [4.69, 9.17) is 5.73 Å². The summed E-state index contributed by atoms with van der Waals surface area (Å²) in [5.74, 6) is 0.557. The molecule has 0 aromatic heterocycles. The van der Waals surface area contributed by atoms with Gasteiger partial charge in [0.2, 0.25) is 0 Å². The summed E-state index contributed by atoms with van der Waals surface area (Å²) in [6.45, 7) is 0. The molecule has 0 fully saturated rings. The van der Waals surface area contributed by atoms with Gasteiger partial charge in [0.15, 0.2) is 4.74 Å². The molecule has 2 aliphatic carbocycles. The highest BCUT2D eigenvalue weighted by molar-refractivity contribution is 9.18. The number of nitrogens with two attached hydrogens (primary N) is 1. The fraction of sp³-hybridized carbons (Fsp3) is 0.643. The van der Waals surface area contributed by atoms with E-state index in [1.807, 2.05) is 0 Å². The summed E-state index contributed by atoms with van der Waals surface area (Å²) in [6.07, 6.45) is 16.3. The van der Waals surface area contributed by atoms with Gasteiger partial charge in [0, 0.05) is 6.04 Å². The predicted octanol–water partition coefficient (Wildman–Crippen LogP) is 3.08. The molecule has 0 heterocycles. The topological polar surface area (TPSA) is 50.4 Å². The molecule has 100 valence electrons. The van der Waals surface area contributed by atoms with Crippen molar-refractivity contribution >= 4 is 20.7 Å². The van der Waals surface area contributed by atoms with E-state index in [9.17, 15) is 0 Å². The molecular formula is C14H22BrN3. The van der Waals surface area contributed by atoms with Crippen LogP contribution in [0.5, 0.6) is 0 Å². The minimum atomic E-state index is 0.127. The average molecular weight is 312 g/mol. The lowest BCUT2D eigenvalue weighted by Crippen LogP contribution is -2.42. The molecular weight excluding hydrogens is 290 g/mol. The molecule has 0 spiro atoms. The van der Waals surface area contributed by atoms with Crippen molar-refractivity contribution in [3.05, 3.63) is 24.3 Å². The van der Waals surface area contributed by atoms with E-state index in [2.05, 4.69) is 50.5 Å². The molecule has 0 aromatic carbocycles. The lowest BCUT2D eigenvalue weighted by Gasteiger charge is -2.30. The zero-order valence-electron chi connectivity index (χ0n) is 10.7. The molecule has 3 unspecified atom stereocenters. The third kappa shape index (κ3) is 4.25. The van der Waals surface area contributed by atoms with Crippen LogP contribution in [0.4, 0.5) is 0 Å². The molecule has 18 heavy (non-hydrogen) atoms. The molecule has 3 N–H and O–H groups in total. The Kier molecular flexibility index (Phi) is 5.45. The number of hydrogen-bond donors (Lipinski definition) is 2. The van der Waals surface area contributed by atoms with Gasteiger partial charge < -0.3 is 5.73 Å². The van der Waals surface area contributed by atoms with Gasteiger partial charge in [-0.05, 0) is 60.4 Å².